The molecule has 0 amide bonds. The van der Waals surface area contributed by atoms with E-state index in [0.29, 0.717) is 6.42 Å². The predicted molar refractivity (Wildman–Crippen MR) is 75.2 cm³/mol. The molecule has 1 N–H and O–H groups in total. The quantitative estimate of drug-likeness (QED) is 0.893. The van der Waals surface area contributed by atoms with Crippen LogP contribution in [0.3, 0.4) is 0 Å². The standard InChI is InChI=1S/C15H18ClNO/c1-11-6-7-12(2)17(11)15(8-9-18)13-4-3-5-14(16)10-13/h3-7,10,15,18H,8-9H2,1-2H3. The van der Waals surface area contributed by atoms with Crippen LogP contribution in [0.4, 0.5) is 0 Å². The highest BCUT2D eigenvalue weighted by Gasteiger charge is 2.16. The number of aliphatic hydroxyl groups is 1. The summed E-state index contributed by atoms with van der Waals surface area (Å²) >= 11 is 6.06. The Balaban J connectivity index is 2.46. The average Bonchev–Trinajstić information content (AvgIpc) is 2.67. The van der Waals surface area contributed by atoms with Crippen molar-refractivity contribution in [1.29, 1.82) is 0 Å². The third-order valence-corrected chi connectivity index (χ3v) is 3.51. The van der Waals surface area contributed by atoms with Gasteiger partial charge in [0.25, 0.3) is 0 Å². The fourth-order valence-electron chi connectivity index (χ4n) is 2.45. The fourth-order valence-corrected chi connectivity index (χ4v) is 2.65. The van der Waals surface area contributed by atoms with Crippen molar-refractivity contribution in [1.82, 2.24) is 4.57 Å². The number of hydrogen-bond acceptors (Lipinski definition) is 1. The lowest BCUT2D eigenvalue weighted by molar-refractivity contribution is 0.267. The minimum absolute atomic E-state index is 0.142. The van der Waals surface area contributed by atoms with Crippen LogP contribution in [-0.2, 0) is 0 Å². The zero-order chi connectivity index (χ0) is 13.1. The van der Waals surface area contributed by atoms with Gasteiger partial charge in [0.1, 0.15) is 0 Å². The molecule has 2 nitrogen and oxygen atoms in total. The number of nitrogens with zero attached hydrogens (tertiary/aromatic N) is 1. The number of hydrogen-bond donors (Lipinski definition) is 1. The van der Waals surface area contributed by atoms with Crippen molar-refractivity contribution in [3.8, 4) is 0 Å². The van der Waals surface area contributed by atoms with E-state index in [1.165, 1.54) is 11.4 Å². The Bertz CT molecular complexity index is 514. The average molecular weight is 264 g/mol. The number of aryl methyl sites for hydroxylation is 2. The number of aromatic nitrogens is 1. The van der Waals surface area contributed by atoms with Crippen molar-refractivity contribution < 1.29 is 5.11 Å². The molecule has 1 aromatic heterocycles. The molecule has 0 fully saturated rings. The Morgan fingerprint density at radius 3 is 2.39 bits per heavy atom. The first-order chi connectivity index (χ1) is 8.63. The maximum Gasteiger partial charge on any atom is 0.0607 e. The van der Waals surface area contributed by atoms with E-state index in [1.807, 2.05) is 18.2 Å². The molecular weight excluding hydrogens is 246 g/mol. The summed E-state index contributed by atoms with van der Waals surface area (Å²) in [6.45, 7) is 4.33. The largest absolute Gasteiger partial charge is 0.396 e. The van der Waals surface area contributed by atoms with Crippen molar-refractivity contribution >= 4 is 11.6 Å². The highest BCUT2D eigenvalue weighted by molar-refractivity contribution is 6.30. The first-order valence-corrected chi connectivity index (χ1v) is 6.52. The number of rotatable bonds is 4. The predicted octanol–water partition coefficient (Wildman–Crippen LogP) is 3.73. The van der Waals surface area contributed by atoms with Gasteiger partial charge in [0.2, 0.25) is 0 Å². The Hall–Kier alpha value is -1.25. The lowest BCUT2D eigenvalue weighted by Crippen LogP contribution is -2.15. The van der Waals surface area contributed by atoms with Gasteiger partial charge in [-0.25, -0.2) is 0 Å². The van der Waals surface area contributed by atoms with Crippen LogP contribution < -0.4 is 0 Å². The second-order valence-electron chi connectivity index (χ2n) is 4.57. The van der Waals surface area contributed by atoms with Crippen LogP contribution >= 0.6 is 11.6 Å². The highest BCUT2D eigenvalue weighted by Crippen LogP contribution is 2.27. The van der Waals surface area contributed by atoms with Crippen molar-refractivity contribution in [3.05, 3.63) is 58.4 Å². The van der Waals surface area contributed by atoms with Gasteiger partial charge in [-0.2, -0.15) is 0 Å². The minimum atomic E-state index is 0.142. The van der Waals surface area contributed by atoms with Crippen LogP contribution in [0.15, 0.2) is 36.4 Å². The van der Waals surface area contributed by atoms with E-state index >= 15 is 0 Å². The van der Waals surface area contributed by atoms with E-state index in [2.05, 4.69) is 36.6 Å². The first kappa shape index (κ1) is 13.2. The summed E-state index contributed by atoms with van der Waals surface area (Å²) in [5, 5.41) is 10.0. The first-order valence-electron chi connectivity index (χ1n) is 6.14. The Morgan fingerprint density at radius 2 is 1.83 bits per heavy atom. The lowest BCUT2D eigenvalue weighted by Gasteiger charge is -2.22. The topological polar surface area (TPSA) is 25.2 Å². The van der Waals surface area contributed by atoms with Crippen LogP contribution in [0.25, 0.3) is 0 Å². The summed E-state index contributed by atoms with van der Waals surface area (Å²) in [7, 11) is 0. The molecule has 0 bridgehead atoms. The van der Waals surface area contributed by atoms with E-state index in [4.69, 9.17) is 11.6 Å². The summed E-state index contributed by atoms with van der Waals surface area (Å²) in [5.74, 6) is 0. The van der Waals surface area contributed by atoms with Crippen LogP contribution in [0.5, 0.6) is 0 Å². The van der Waals surface area contributed by atoms with Gasteiger partial charge in [-0.15, -0.1) is 0 Å². The van der Waals surface area contributed by atoms with Gasteiger partial charge >= 0.3 is 0 Å². The number of benzene rings is 1. The molecule has 0 aliphatic heterocycles. The van der Waals surface area contributed by atoms with Crippen LogP contribution in [0, 0.1) is 13.8 Å². The number of aliphatic hydroxyl groups excluding tert-OH is 1. The summed E-state index contributed by atoms with van der Waals surface area (Å²) in [6.07, 6.45) is 0.691. The molecule has 3 heteroatoms. The van der Waals surface area contributed by atoms with Crippen LogP contribution in [-0.4, -0.2) is 16.3 Å². The molecule has 0 spiro atoms. The Morgan fingerprint density at radius 1 is 1.17 bits per heavy atom. The summed E-state index contributed by atoms with van der Waals surface area (Å²) in [6, 6.07) is 12.2. The molecule has 2 rings (SSSR count). The molecule has 0 aliphatic carbocycles. The second kappa shape index (κ2) is 5.59. The smallest absolute Gasteiger partial charge is 0.0607 e. The van der Waals surface area contributed by atoms with Gasteiger partial charge in [-0.05, 0) is 50.1 Å². The van der Waals surface area contributed by atoms with E-state index in [-0.39, 0.29) is 12.6 Å². The third kappa shape index (κ3) is 2.60. The SMILES string of the molecule is Cc1ccc(C)n1C(CCO)c1cccc(Cl)c1. The molecule has 18 heavy (non-hydrogen) atoms. The fraction of sp³-hybridized carbons (Fsp3) is 0.333. The maximum absolute atomic E-state index is 9.30. The Labute approximate surface area is 113 Å². The van der Waals surface area contributed by atoms with Crippen molar-refractivity contribution in [2.24, 2.45) is 0 Å². The normalized spacial score (nSPS) is 12.7. The maximum atomic E-state index is 9.30. The van der Waals surface area contributed by atoms with Crippen LogP contribution in [0.1, 0.15) is 29.4 Å². The zero-order valence-electron chi connectivity index (χ0n) is 10.7. The van der Waals surface area contributed by atoms with Crippen molar-refractivity contribution in [2.45, 2.75) is 26.3 Å². The molecule has 0 radical (unpaired) electrons. The summed E-state index contributed by atoms with van der Waals surface area (Å²) < 4.78 is 2.25. The molecule has 1 heterocycles. The summed E-state index contributed by atoms with van der Waals surface area (Å²) in [5.41, 5.74) is 3.54. The van der Waals surface area contributed by atoms with Crippen molar-refractivity contribution in [2.75, 3.05) is 6.61 Å². The third-order valence-electron chi connectivity index (χ3n) is 3.27. The van der Waals surface area contributed by atoms with E-state index in [0.717, 1.165) is 10.6 Å². The molecule has 0 saturated carbocycles. The second-order valence-corrected chi connectivity index (χ2v) is 5.01. The molecular formula is C15H18ClNO. The van der Waals surface area contributed by atoms with Gasteiger partial charge < -0.3 is 9.67 Å². The highest BCUT2D eigenvalue weighted by atomic mass is 35.5. The zero-order valence-corrected chi connectivity index (χ0v) is 11.5. The van der Waals surface area contributed by atoms with Gasteiger partial charge in [0.05, 0.1) is 6.04 Å². The van der Waals surface area contributed by atoms with Gasteiger partial charge in [-0.3, -0.25) is 0 Å². The van der Waals surface area contributed by atoms with E-state index in [1.54, 1.807) is 0 Å². The van der Waals surface area contributed by atoms with Crippen molar-refractivity contribution in [3.63, 3.8) is 0 Å². The molecule has 1 aromatic carbocycles. The minimum Gasteiger partial charge on any atom is -0.396 e. The van der Waals surface area contributed by atoms with Gasteiger partial charge in [0, 0.05) is 23.0 Å². The molecule has 96 valence electrons. The van der Waals surface area contributed by atoms with Gasteiger partial charge in [-0.1, -0.05) is 23.7 Å². The van der Waals surface area contributed by atoms with Crippen LogP contribution in [0.2, 0.25) is 5.02 Å². The monoisotopic (exact) mass is 263 g/mol. The molecule has 1 unspecified atom stereocenters. The molecule has 1 atom stereocenters. The number of halogens is 1. The molecule has 0 saturated heterocycles. The lowest BCUT2D eigenvalue weighted by atomic mass is 10.0. The van der Waals surface area contributed by atoms with E-state index in [9.17, 15) is 5.11 Å². The molecule has 0 aliphatic rings. The Kier molecular flexibility index (Phi) is 4.10. The van der Waals surface area contributed by atoms with E-state index < -0.39 is 0 Å². The molecule has 2 aromatic rings. The summed E-state index contributed by atoms with van der Waals surface area (Å²) in [4.78, 5) is 0. The van der Waals surface area contributed by atoms with Gasteiger partial charge in [0.15, 0.2) is 0 Å².